The largest absolute Gasteiger partial charge is 0.508 e. The minimum atomic E-state index is -0.219. The zero-order chi connectivity index (χ0) is 19.3. The molecule has 4 N–H and O–H groups in total. The predicted molar refractivity (Wildman–Crippen MR) is 104 cm³/mol. The molecule has 1 unspecified atom stereocenters. The van der Waals surface area contributed by atoms with Crippen LogP contribution in [0.5, 0.6) is 17.4 Å². The van der Waals surface area contributed by atoms with Crippen molar-refractivity contribution in [2.75, 3.05) is 13.2 Å². The molecule has 5 rings (SSSR count). The topological polar surface area (TPSA) is 104 Å². The van der Waals surface area contributed by atoms with Crippen molar-refractivity contribution in [3.8, 4) is 34.2 Å². The monoisotopic (exact) mass is 377 g/mol. The zero-order valence-corrected chi connectivity index (χ0v) is 15.0. The molecule has 1 fully saturated rings. The molecule has 0 radical (unpaired) electrons. The van der Waals surface area contributed by atoms with Crippen LogP contribution < -0.4 is 0 Å². The second kappa shape index (κ2) is 6.31. The van der Waals surface area contributed by atoms with E-state index in [-0.39, 0.29) is 23.3 Å². The van der Waals surface area contributed by atoms with Gasteiger partial charge in [-0.05, 0) is 42.3 Å². The molecule has 0 bridgehead atoms. The highest BCUT2D eigenvalue weighted by molar-refractivity contribution is 5.81. The lowest BCUT2D eigenvalue weighted by Gasteiger charge is -2.16. The lowest BCUT2D eigenvalue weighted by atomic mass is 9.95. The fourth-order valence-corrected chi connectivity index (χ4v) is 3.94. The van der Waals surface area contributed by atoms with Crippen molar-refractivity contribution in [1.29, 1.82) is 0 Å². The highest BCUT2D eigenvalue weighted by atomic mass is 16.5. The van der Waals surface area contributed by atoms with Gasteiger partial charge in [-0.25, -0.2) is 4.98 Å². The van der Waals surface area contributed by atoms with Crippen molar-refractivity contribution in [3.05, 3.63) is 54.5 Å². The first-order valence-corrected chi connectivity index (χ1v) is 9.10. The number of aromatic hydroxyl groups is 3. The van der Waals surface area contributed by atoms with Gasteiger partial charge < -0.3 is 25.0 Å². The maximum absolute atomic E-state index is 10.8. The molecule has 2 aromatic heterocycles. The Morgan fingerprint density at radius 3 is 2.64 bits per heavy atom. The number of benzene rings is 2. The average molecular weight is 377 g/mol. The summed E-state index contributed by atoms with van der Waals surface area (Å²) in [4.78, 5) is 7.31. The smallest absolute Gasteiger partial charge is 0.240 e. The van der Waals surface area contributed by atoms with Crippen LogP contribution in [0.15, 0.2) is 48.8 Å². The van der Waals surface area contributed by atoms with Gasteiger partial charge in [0.05, 0.1) is 29.7 Å². The molecule has 1 aliphatic rings. The number of phenolic OH excluding ortho intramolecular Hbond substituents is 1. The summed E-state index contributed by atoms with van der Waals surface area (Å²) >= 11 is 0. The molecule has 0 spiro atoms. The first-order valence-electron chi connectivity index (χ1n) is 9.10. The maximum atomic E-state index is 10.8. The lowest BCUT2D eigenvalue weighted by Crippen LogP contribution is -2.08. The van der Waals surface area contributed by atoms with Gasteiger partial charge in [0.15, 0.2) is 5.75 Å². The van der Waals surface area contributed by atoms with E-state index in [1.807, 2.05) is 18.2 Å². The van der Waals surface area contributed by atoms with Crippen LogP contribution >= 0.6 is 0 Å². The van der Waals surface area contributed by atoms with Crippen LogP contribution in [0.4, 0.5) is 0 Å². The third kappa shape index (κ3) is 2.51. The summed E-state index contributed by atoms with van der Waals surface area (Å²) < 4.78 is 7.26. The molecule has 142 valence electrons. The number of fused-ring (bicyclic) bond motifs is 1. The van der Waals surface area contributed by atoms with E-state index in [2.05, 4.69) is 9.97 Å². The van der Waals surface area contributed by atoms with Gasteiger partial charge >= 0.3 is 0 Å². The fourth-order valence-electron chi connectivity index (χ4n) is 3.94. The van der Waals surface area contributed by atoms with E-state index in [1.165, 1.54) is 0 Å². The summed E-state index contributed by atoms with van der Waals surface area (Å²) in [5.41, 5.74) is 4.44. The van der Waals surface area contributed by atoms with Crippen molar-refractivity contribution in [2.45, 2.75) is 12.3 Å². The van der Waals surface area contributed by atoms with Crippen LogP contribution in [0.1, 0.15) is 18.0 Å². The minimum Gasteiger partial charge on any atom is -0.508 e. The summed E-state index contributed by atoms with van der Waals surface area (Å²) in [6.45, 7) is 1.15. The first-order chi connectivity index (χ1) is 13.6. The Hall–Kier alpha value is -3.45. The predicted octanol–water partition coefficient (Wildman–Crippen LogP) is 3.64. The van der Waals surface area contributed by atoms with E-state index in [0.29, 0.717) is 24.3 Å². The van der Waals surface area contributed by atoms with E-state index in [4.69, 9.17) is 4.74 Å². The molecule has 1 aliphatic heterocycles. The maximum Gasteiger partial charge on any atom is 0.240 e. The van der Waals surface area contributed by atoms with Gasteiger partial charge in [-0.15, -0.1) is 0 Å². The van der Waals surface area contributed by atoms with Crippen LogP contribution in [0.25, 0.3) is 27.8 Å². The van der Waals surface area contributed by atoms with Crippen LogP contribution in [0, 0.1) is 0 Å². The molecule has 1 saturated heterocycles. The summed E-state index contributed by atoms with van der Waals surface area (Å²) in [5, 5.41) is 31.3. The molecule has 28 heavy (non-hydrogen) atoms. The average Bonchev–Trinajstić information content (AvgIpc) is 3.43. The third-order valence-corrected chi connectivity index (χ3v) is 5.29. The Labute approximate surface area is 160 Å². The normalized spacial score (nSPS) is 16.8. The van der Waals surface area contributed by atoms with E-state index < -0.39 is 0 Å². The molecule has 3 heterocycles. The number of nitrogens with one attached hydrogen (secondary N) is 1. The number of H-pyrrole nitrogens is 1. The lowest BCUT2D eigenvalue weighted by molar-refractivity contribution is 0.193. The number of ether oxygens (including phenoxy) is 1. The number of aromatic amines is 1. The second-order valence-corrected chi connectivity index (χ2v) is 6.98. The Kier molecular flexibility index (Phi) is 3.77. The van der Waals surface area contributed by atoms with Crippen molar-refractivity contribution in [2.24, 2.45) is 0 Å². The van der Waals surface area contributed by atoms with E-state index >= 15 is 0 Å². The Morgan fingerprint density at radius 2 is 1.89 bits per heavy atom. The van der Waals surface area contributed by atoms with E-state index in [9.17, 15) is 15.3 Å². The molecule has 4 aromatic rings. The van der Waals surface area contributed by atoms with Gasteiger partial charge in [0.1, 0.15) is 5.75 Å². The Morgan fingerprint density at radius 1 is 1.07 bits per heavy atom. The van der Waals surface area contributed by atoms with Gasteiger partial charge in [-0.1, -0.05) is 12.1 Å². The summed E-state index contributed by atoms with van der Waals surface area (Å²) in [6, 6.07) is 12.2. The SMILES string of the molecule is Oc1ccc(-c2c(O)c(O)n(-c3ccc4nc[nH]c4c3)c2C2CCOC2)cc1. The molecule has 7 heteroatoms. The zero-order valence-electron chi connectivity index (χ0n) is 15.0. The molecule has 0 amide bonds. The quantitative estimate of drug-likeness (QED) is 0.436. The van der Waals surface area contributed by atoms with Crippen molar-refractivity contribution >= 4 is 11.0 Å². The highest BCUT2D eigenvalue weighted by Crippen LogP contribution is 2.48. The van der Waals surface area contributed by atoms with Gasteiger partial charge in [0.2, 0.25) is 5.88 Å². The van der Waals surface area contributed by atoms with Crippen molar-refractivity contribution in [3.63, 3.8) is 0 Å². The van der Waals surface area contributed by atoms with Crippen LogP contribution in [0.3, 0.4) is 0 Å². The third-order valence-electron chi connectivity index (χ3n) is 5.29. The highest BCUT2D eigenvalue weighted by Gasteiger charge is 2.32. The van der Waals surface area contributed by atoms with E-state index in [0.717, 1.165) is 28.8 Å². The molecular weight excluding hydrogens is 358 g/mol. The second-order valence-electron chi connectivity index (χ2n) is 6.98. The number of nitrogens with zero attached hydrogens (tertiary/aromatic N) is 2. The first kappa shape index (κ1) is 16.7. The molecule has 0 saturated carbocycles. The molecule has 0 aliphatic carbocycles. The van der Waals surface area contributed by atoms with Crippen LogP contribution in [-0.4, -0.2) is 43.1 Å². The molecule has 2 aromatic carbocycles. The number of imidazole rings is 1. The fraction of sp³-hybridized carbons (Fsp3) is 0.190. The molecule has 1 atom stereocenters. The van der Waals surface area contributed by atoms with E-state index in [1.54, 1.807) is 35.2 Å². The number of hydrogen-bond donors (Lipinski definition) is 4. The van der Waals surface area contributed by atoms with Crippen LogP contribution in [0.2, 0.25) is 0 Å². The van der Waals surface area contributed by atoms with Crippen molar-refractivity contribution < 1.29 is 20.1 Å². The number of hydrogen-bond acceptors (Lipinski definition) is 5. The molecular formula is C21H19N3O4. The summed E-state index contributed by atoms with van der Waals surface area (Å²) in [5.74, 6) is -0.239. The number of aromatic nitrogens is 3. The summed E-state index contributed by atoms with van der Waals surface area (Å²) in [7, 11) is 0. The molecule has 7 nitrogen and oxygen atoms in total. The van der Waals surface area contributed by atoms with Gasteiger partial charge in [0, 0.05) is 23.8 Å². The Balaban J connectivity index is 1.78. The number of rotatable bonds is 3. The summed E-state index contributed by atoms with van der Waals surface area (Å²) in [6.07, 6.45) is 2.41. The standard InChI is InChI=1S/C21H19N3O4/c25-15-4-1-12(2-5-15)18-19(13-7-8-28-10-13)24(21(27)20(18)26)14-3-6-16-17(9-14)23-11-22-16/h1-6,9,11,13,25-27H,7-8,10H2,(H,22,23). The minimum absolute atomic E-state index is 0.0214. The van der Waals surface area contributed by atoms with Gasteiger partial charge in [-0.3, -0.25) is 4.57 Å². The van der Waals surface area contributed by atoms with Crippen molar-refractivity contribution in [1.82, 2.24) is 14.5 Å². The number of phenols is 1. The van der Waals surface area contributed by atoms with Crippen LogP contribution in [-0.2, 0) is 4.74 Å². The van der Waals surface area contributed by atoms with Gasteiger partial charge in [0.25, 0.3) is 0 Å². The van der Waals surface area contributed by atoms with Gasteiger partial charge in [-0.2, -0.15) is 0 Å². The Bertz CT molecular complexity index is 1150.